The largest absolute Gasteiger partial charge is 0.355 e. The molecule has 0 aliphatic rings. The number of nitrogens with zero attached hydrogens (tertiary/aromatic N) is 2. The molecule has 0 aliphatic carbocycles. The molecule has 1 aromatic carbocycles. The Morgan fingerprint density at radius 2 is 1.81 bits per heavy atom. The lowest BCUT2D eigenvalue weighted by atomic mass is 10.0. The van der Waals surface area contributed by atoms with Crippen molar-refractivity contribution in [1.29, 1.82) is 0 Å². The summed E-state index contributed by atoms with van der Waals surface area (Å²) in [7, 11) is -1.51. The lowest BCUT2D eigenvalue weighted by Crippen LogP contribution is -2.49. The van der Waals surface area contributed by atoms with Crippen LogP contribution in [-0.2, 0) is 9.84 Å². The molecule has 1 unspecified atom stereocenters. The zero-order valence-electron chi connectivity index (χ0n) is 17.2. The highest BCUT2D eigenvalue weighted by molar-refractivity contribution is 7.92. The van der Waals surface area contributed by atoms with E-state index >= 15 is 0 Å². The maximum atomic E-state index is 11.9. The van der Waals surface area contributed by atoms with Gasteiger partial charge in [0.1, 0.15) is 0 Å². The summed E-state index contributed by atoms with van der Waals surface area (Å²) < 4.78 is 22.9. The number of sulfone groups is 1. The Kier molecular flexibility index (Phi) is 9.05. The first-order valence-corrected chi connectivity index (χ1v) is 11.5. The fourth-order valence-corrected chi connectivity index (χ4v) is 3.28. The second-order valence-electron chi connectivity index (χ2n) is 7.10. The molecule has 0 saturated heterocycles. The molecule has 0 radical (unpaired) electrons. The quantitative estimate of drug-likeness (QED) is 0.478. The smallest absolute Gasteiger partial charge is 0.191 e. The van der Waals surface area contributed by atoms with E-state index in [1.54, 1.807) is 20.9 Å². The van der Waals surface area contributed by atoms with Crippen molar-refractivity contribution in [1.82, 2.24) is 15.5 Å². The molecule has 1 rings (SSSR count). The zero-order valence-corrected chi connectivity index (χ0v) is 18.8. The molecule has 1 aromatic rings. The van der Waals surface area contributed by atoms with Crippen LogP contribution < -0.4 is 10.6 Å². The normalized spacial score (nSPS) is 14.3. The Balaban J connectivity index is 2.89. The topological polar surface area (TPSA) is 73.8 Å². The van der Waals surface area contributed by atoms with Gasteiger partial charge < -0.3 is 10.6 Å². The number of aliphatic imine (C=N–C) groups is 1. The van der Waals surface area contributed by atoms with E-state index in [1.807, 2.05) is 24.3 Å². The van der Waals surface area contributed by atoms with Crippen LogP contribution in [0.25, 0.3) is 0 Å². The first-order chi connectivity index (χ1) is 12.6. The highest BCUT2D eigenvalue weighted by atomic mass is 35.5. The Labute approximate surface area is 169 Å². The van der Waals surface area contributed by atoms with E-state index < -0.39 is 14.6 Å². The van der Waals surface area contributed by atoms with Gasteiger partial charge in [0, 0.05) is 31.4 Å². The SMILES string of the molecule is CCN(CC)C(CNC(=NC)NCC(C)(C)S(C)(=O)=O)c1ccccc1Cl. The Morgan fingerprint density at radius 3 is 2.30 bits per heavy atom. The number of hydrogen-bond donors (Lipinski definition) is 2. The minimum absolute atomic E-state index is 0.0789. The molecule has 27 heavy (non-hydrogen) atoms. The van der Waals surface area contributed by atoms with Crippen molar-refractivity contribution in [3.8, 4) is 0 Å². The molecular formula is C19H33ClN4O2S. The second kappa shape index (κ2) is 10.3. The van der Waals surface area contributed by atoms with Crippen molar-refractivity contribution in [2.45, 2.75) is 38.5 Å². The Bertz CT molecular complexity index is 731. The van der Waals surface area contributed by atoms with Gasteiger partial charge in [0.2, 0.25) is 0 Å². The van der Waals surface area contributed by atoms with Gasteiger partial charge in [-0.1, -0.05) is 43.6 Å². The molecule has 2 N–H and O–H groups in total. The van der Waals surface area contributed by atoms with E-state index in [0.717, 1.165) is 23.7 Å². The molecule has 1 atom stereocenters. The van der Waals surface area contributed by atoms with Gasteiger partial charge in [-0.05, 0) is 38.6 Å². The minimum atomic E-state index is -3.18. The molecule has 0 aromatic heterocycles. The Hall–Kier alpha value is -1.31. The van der Waals surface area contributed by atoms with Gasteiger partial charge in [-0.15, -0.1) is 0 Å². The van der Waals surface area contributed by atoms with E-state index in [2.05, 4.69) is 34.4 Å². The van der Waals surface area contributed by atoms with Crippen molar-refractivity contribution in [3.05, 3.63) is 34.9 Å². The number of guanidine groups is 1. The number of rotatable bonds is 9. The van der Waals surface area contributed by atoms with E-state index in [4.69, 9.17) is 11.6 Å². The summed E-state index contributed by atoms with van der Waals surface area (Å²) in [5.74, 6) is 0.566. The first kappa shape index (κ1) is 23.7. The third kappa shape index (κ3) is 6.66. The third-order valence-corrected chi connectivity index (χ3v) is 7.39. The van der Waals surface area contributed by atoms with Gasteiger partial charge in [-0.2, -0.15) is 0 Å². The van der Waals surface area contributed by atoms with Crippen LogP contribution in [0.4, 0.5) is 0 Å². The monoisotopic (exact) mass is 416 g/mol. The van der Waals surface area contributed by atoms with Gasteiger partial charge in [-0.25, -0.2) is 8.42 Å². The van der Waals surface area contributed by atoms with E-state index in [0.29, 0.717) is 12.5 Å². The fourth-order valence-electron chi connectivity index (χ4n) is 2.69. The summed E-state index contributed by atoms with van der Waals surface area (Å²) in [6.45, 7) is 10.3. The Morgan fingerprint density at radius 1 is 1.22 bits per heavy atom. The summed E-state index contributed by atoms with van der Waals surface area (Å²) in [6, 6.07) is 7.92. The predicted octanol–water partition coefficient (Wildman–Crippen LogP) is 2.71. The van der Waals surface area contributed by atoms with Crippen LogP contribution in [0.2, 0.25) is 5.02 Å². The highest BCUT2D eigenvalue weighted by Gasteiger charge is 2.30. The molecule has 0 bridgehead atoms. The highest BCUT2D eigenvalue weighted by Crippen LogP contribution is 2.26. The number of benzene rings is 1. The van der Waals surface area contributed by atoms with Crippen molar-refractivity contribution in [3.63, 3.8) is 0 Å². The van der Waals surface area contributed by atoms with E-state index in [1.165, 1.54) is 6.26 Å². The van der Waals surface area contributed by atoms with Crippen LogP contribution in [0, 0.1) is 0 Å². The van der Waals surface area contributed by atoms with Gasteiger partial charge in [0.15, 0.2) is 15.8 Å². The number of hydrogen-bond acceptors (Lipinski definition) is 4. The predicted molar refractivity (Wildman–Crippen MR) is 115 cm³/mol. The van der Waals surface area contributed by atoms with Gasteiger partial charge >= 0.3 is 0 Å². The summed E-state index contributed by atoms with van der Waals surface area (Å²) >= 11 is 6.43. The van der Waals surface area contributed by atoms with Crippen LogP contribution >= 0.6 is 11.6 Å². The van der Waals surface area contributed by atoms with Crippen LogP contribution in [0.15, 0.2) is 29.3 Å². The average molecular weight is 417 g/mol. The van der Waals surface area contributed by atoms with Gasteiger partial charge in [0.25, 0.3) is 0 Å². The molecule has 0 saturated carbocycles. The van der Waals surface area contributed by atoms with Gasteiger partial charge in [-0.3, -0.25) is 9.89 Å². The number of nitrogens with one attached hydrogen (secondary N) is 2. The standard InChI is InChI=1S/C19H33ClN4O2S/c1-7-24(8-2)17(15-11-9-10-12-16(15)20)13-22-18(21-5)23-14-19(3,4)27(6,25)26/h9-12,17H,7-8,13-14H2,1-6H3,(H2,21,22,23). The van der Waals surface area contributed by atoms with Crippen LogP contribution in [-0.4, -0.2) is 63.5 Å². The summed E-state index contributed by atoms with van der Waals surface area (Å²) in [5, 5.41) is 7.17. The molecule has 8 heteroatoms. The average Bonchev–Trinajstić information content (AvgIpc) is 2.60. The molecule has 6 nitrogen and oxygen atoms in total. The molecule has 0 aliphatic heterocycles. The first-order valence-electron chi connectivity index (χ1n) is 9.20. The lowest BCUT2D eigenvalue weighted by molar-refractivity contribution is 0.219. The van der Waals surface area contributed by atoms with Crippen molar-refractivity contribution < 1.29 is 8.42 Å². The third-order valence-electron chi connectivity index (χ3n) is 4.89. The van der Waals surface area contributed by atoms with Crippen LogP contribution in [0.1, 0.15) is 39.3 Å². The van der Waals surface area contributed by atoms with Crippen molar-refractivity contribution >= 4 is 27.4 Å². The molecular weight excluding hydrogens is 384 g/mol. The number of likely N-dealkylation sites (N-methyl/N-ethyl adjacent to an activating group) is 1. The maximum absolute atomic E-state index is 11.9. The molecule has 0 spiro atoms. The molecule has 154 valence electrons. The van der Waals surface area contributed by atoms with Gasteiger partial charge in [0.05, 0.1) is 10.8 Å². The van der Waals surface area contributed by atoms with Crippen molar-refractivity contribution in [2.24, 2.45) is 4.99 Å². The second-order valence-corrected chi connectivity index (χ2v) is 10.2. The van der Waals surface area contributed by atoms with Crippen LogP contribution in [0.5, 0.6) is 0 Å². The van der Waals surface area contributed by atoms with Crippen molar-refractivity contribution in [2.75, 3.05) is 39.5 Å². The summed E-state index contributed by atoms with van der Waals surface area (Å²) in [6.07, 6.45) is 1.25. The van der Waals surface area contributed by atoms with Crippen LogP contribution in [0.3, 0.4) is 0 Å². The molecule has 0 heterocycles. The van der Waals surface area contributed by atoms with E-state index in [9.17, 15) is 8.42 Å². The zero-order chi connectivity index (χ0) is 20.7. The fraction of sp³-hybridized carbons (Fsp3) is 0.632. The maximum Gasteiger partial charge on any atom is 0.191 e. The summed E-state index contributed by atoms with van der Waals surface area (Å²) in [4.78, 5) is 6.54. The molecule has 0 amide bonds. The lowest BCUT2D eigenvalue weighted by Gasteiger charge is -2.31. The molecule has 0 fully saturated rings. The minimum Gasteiger partial charge on any atom is -0.355 e. The van der Waals surface area contributed by atoms with E-state index in [-0.39, 0.29) is 12.6 Å². The summed E-state index contributed by atoms with van der Waals surface area (Å²) in [5.41, 5.74) is 1.06. The number of halogens is 1.